The molecule has 2 N–H and O–H groups in total. The summed E-state index contributed by atoms with van der Waals surface area (Å²) in [6.07, 6.45) is 1.64. The Labute approximate surface area is 182 Å². The molecule has 0 atom stereocenters. The average molecular weight is 418 g/mol. The van der Waals surface area contributed by atoms with Crippen LogP contribution in [-0.4, -0.2) is 23.9 Å². The van der Waals surface area contributed by atoms with Gasteiger partial charge in [0.05, 0.1) is 24.1 Å². The maximum Gasteiger partial charge on any atom is 0.335 e. The topological polar surface area (TPSA) is 80.2 Å². The van der Waals surface area contributed by atoms with E-state index >= 15 is 0 Å². The second kappa shape index (κ2) is 10.3. The number of hydrogen-bond donors (Lipinski definition) is 2. The maximum absolute atomic E-state index is 11.1. The molecule has 0 heterocycles. The molecule has 31 heavy (non-hydrogen) atoms. The smallest absolute Gasteiger partial charge is 0.335 e. The van der Waals surface area contributed by atoms with Gasteiger partial charge in [0.1, 0.15) is 6.61 Å². The molecule has 0 bridgehead atoms. The van der Waals surface area contributed by atoms with E-state index in [1.807, 2.05) is 25.1 Å². The first-order valence-corrected chi connectivity index (χ1v) is 10.0. The standard InChI is InChI=1S/C25H26N2O4/c1-4-30-24-13-19(15-26-27-22-7-5-6-20(14-22)25(28)29)10-11-23(24)31-16-21-12-17(2)8-9-18(21)3/h5-15,27H,4,16H2,1-3H3,(H,28,29)/b26-15+. The van der Waals surface area contributed by atoms with Gasteiger partial charge in [0.25, 0.3) is 0 Å². The second-order valence-electron chi connectivity index (χ2n) is 7.11. The molecular formula is C25H26N2O4. The number of carbonyl (C=O) groups is 1. The minimum Gasteiger partial charge on any atom is -0.490 e. The van der Waals surface area contributed by atoms with Crippen molar-refractivity contribution in [3.05, 3.63) is 88.5 Å². The number of benzene rings is 3. The summed E-state index contributed by atoms with van der Waals surface area (Å²) in [5.74, 6) is 0.331. The number of carboxylic acids is 1. The molecule has 0 saturated heterocycles. The van der Waals surface area contributed by atoms with Gasteiger partial charge in [-0.05, 0) is 73.9 Å². The van der Waals surface area contributed by atoms with E-state index in [-0.39, 0.29) is 5.56 Å². The number of hydrazone groups is 1. The number of aryl methyl sites for hydroxylation is 2. The molecule has 0 saturated carbocycles. The van der Waals surface area contributed by atoms with Gasteiger partial charge in [-0.3, -0.25) is 5.43 Å². The van der Waals surface area contributed by atoms with Gasteiger partial charge in [0.2, 0.25) is 0 Å². The van der Waals surface area contributed by atoms with Crippen molar-refractivity contribution in [2.75, 3.05) is 12.0 Å². The van der Waals surface area contributed by atoms with Crippen LogP contribution in [0.15, 0.2) is 65.8 Å². The molecule has 0 spiro atoms. The summed E-state index contributed by atoms with van der Waals surface area (Å²) in [5, 5.41) is 13.3. The Kier molecular flexibility index (Phi) is 7.27. The van der Waals surface area contributed by atoms with Crippen LogP contribution in [-0.2, 0) is 6.61 Å². The molecule has 0 fully saturated rings. The van der Waals surface area contributed by atoms with Crippen molar-refractivity contribution in [3.63, 3.8) is 0 Å². The van der Waals surface area contributed by atoms with Crippen LogP contribution in [0.3, 0.4) is 0 Å². The Balaban J connectivity index is 1.70. The Morgan fingerprint density at radius 1 is 1.03 bits per heavy atom. The molecule has 6 heteroatoms. The van der Waals surface area contributed by atoms with E-state index in [0.29, 0.717) is 30.4 Å². The van der Waals surface area contributed by atoms with Crippen molar-refractivity contribution in [1.82, 2.24) is 0 Å². The van der Waals surface area contributed by atoms with E-state index in [2.05, 4.69) is 42.6 Å². The summed E-state index contributed by atoms with van der Waals surface area (Å²) in [5.41, 5.74) is 7.98. The minimum absolute atomic E-state index is 0.198. The summed E-state index contributed by atoms with van der Waals surface area (Å²) in [6, 6.07) is 18.4. The van der Waals surface area contributed by atoms with Gasteiger partial charge in [-0.2, -0.15) is 5.10 Å². The molecule has 0 amide bonds. The fourth-order valence-corrected chi connectivity index (χ4v) is 3.01. The summed E-state index contributed by atoms with van der Waals surface area (Å²) in [7, 11) is 0. The van der Waals surface area contributed by atoms with Crippen molar-refractivity contribution in [3.8, 4) is 11.5 Å². The number of carboxylic acid groups (broad SMARTS) is 1. The molecule has 0 aliphatic carbocycles. The Morgan fingerprint density at radius 3 is 2.65 bits per heavy atom. The predicted octanol–water partition coefficient (Wildman–Crippen LogP) is 5.43. The number of anilines is 1. The van der Waals surface area contributed by atoms with Crippen molar-refractivity contribution >= 4 is 17.9 Å². The lowest BCUT2D eigenvalue weighted by Gasteiger charge is -2.14. The van der Waals surface area contributed by atoms with E-state index < -0.39 is 5.97 Å². The summed E-state index contributed by atoms with van der Waals surface area (Å²) >= 11 is 0. The van der Waals surface area contributed by atoms with E-state index in [9.17, 15) is 4.79 Å². The fraction of sp³-hybridized carbons (Fsp3) is 0.200. The minimum atomic E-state index is -0.981. The number of hydrogen-bond acceptors (Lipinski definition) is 5. The monoisotopic (exact) mass is 418 g/mol. The number of rotatable bonds is 9. The molecule has 6 nitrogen and oxygen atoms in total. The molecule has 160 valence electrons. The van der Waals surface area contributed by atoms with Gasteiger partial charge in [-0.1, -0.05) is 29.8 Å². The zero-order valence-corrected chi connectivity index (χ0v) is 17.9. The highest BCUT2D eigenvalue weighted by Gasteiger charge is 2.08. The third-order valence-electron chi connectivity index (χ3n) is 4.67. The Bertz CT molecular complexity index is 1090. The molecule has 0 aliphatic rings. The molecule has 3 aromatic rings. The number of nitrogens with zero attached hydrogens (tertiary/aromatic N) is 1. The third kappa shape index (κ3) is 6.09. The average Bonchev–Trinajstić information content (AvgIpc) is 2.76. The fourth-order valence-electron chi connectivity index (χ4n) is 3.01. The number of nitrogens with one attached hydrogen (secondary N) is 1. The zero-order chi connectivity index (χ0) is 22.2. The van der Waals surface area contributed by atoms with Crippen molar-refractivity contribution in [2.24, 2.45) is 5.10 Å². The first kappa shape index (κ1) is 21.9. The van der Waals surface area contributed by atoms with Crippen LogP contribution in [0.1, 0.15) is 39.5 Å². The molecule has 0 aliphatic heterocycles. The lowest BCUT2D eigenvalue weighted by atomic mass is 10.1. The molecule has 0 aromatic heterocycles. The van der Waals surface area contributed by atoms with Crippen molar-refractivity contribution in [1.29, 1.82) is 0 Å². The Morgan fingerprint density at radius 2 is 1.87 bits per heavy atom. The van der Waals surface area contributed by atoms with Crippen LogP contribution in [0.25, 0.3) is 0 Å². The first-order valence-electron chi connectivity index (χ1n) is 10.0. The summed E-state index contributed by atoms with van der Waals surface area (Å²) in [4.78, 5) is 11.1. The highest BCUT2D eigenvalue weighted by atomic mass is 16.5. The van der Waals surface area contributed by atoms with Crippen LogP contribution < -0.4 is 14.9 Å². The first-order chi connectivity index (χ1) is 15.0. The Hall–Kier alpha value is -3.80. The van der Waals surface area contributed by atoms with Gasteiger partial charge in [0, 0.05) is 0 Å². The van der Waals surface area contributed by atoms with E-state index in [1.54, 1.807) is 18.3 Å². The quantitative estimate of drug-likeness (QED) is 0.358. The van der Waals surface area contributed by atoms with Crippen LogP contribution in [0, 0.1) is 13.8 Å². The van der Waals surface area contributed by atoms with Crippen LogP contribution in [0.2, 0.25) is 0 Å². The molecule has 0 unspecified atom stereocenters. The molecular weight excluding hydrogens is 392 g/mol. The van der Waals surface area contributed by atoms with Gasteiger partial charge >= 0.3 is 5.97 Å². The van der Waals surface area contributed by atoms with Crippen molar-refractivity contribution in [2.45, 2.75) is 27.4 Å². The van der Waals surface area contributed by atoms with Gasteiger partial charge in [0.15, 0.2) is 11.5 Å². The largest absolute Gasteiger partial charge is 0.490 e. The molecule has 3 rings (SSSR count). The number of aromatic carboxylic acids is 1. The third-order valence-corrected chi connectivity index (χ3v) is 4.67. The van der Waals surface area contributed by atoms with Crippen LogP contribution >= 0.6 is 0 Å². The normalized spacial score (nSPS) is 10.8. The second-order valence-corrected chi connectivity index (χ2v) is 7.11. The number of ether oxygens (including phenoxy) is 2. The summed E-state index contributed by atoms with van der Waals surface area (Å²) < 4.78 is 11.8. The van der Waals surface area contributed by atoms with Gasteiger partial charge in [-0.25, -0.2) is 4.79 Å². The van der Waals surface area contributed by atoms with Gasteiger partial charge in [-0.15, -0.1) is 0 Å². The van der Waals surface area contributed by atoms with E-state index in [1.165, 1.54) is 23.3 Å². The van der Waals surface area contributed by atoms with Crippen LogP contribution in [0.4, 0.5) is 5.69 Å². The SMILES string of the molecule is CCOc1cc(/C=N/Nc2cccc(C(=O)O)c2)ccc1OCc1cc(C)ccc1C. The molecule has 3 aromatic carbocycles. The summed E-state index contributed by atoms with van der Waals surface area (Å²) in [6.45, 7) is 7.03. The van der Waals surface area contributed by atoms with Crippen LogP contribution in [0.5, 0.6) is 11.5 Å². The van der Waals surface area contributed by atoms with E-state index in [0.717, 1.165) is 11.1 Å². The molecule has 0 radical (unpaired) electrons. The highest BCUT2D eigenvalue weighted by molar-refractivity contribution is 5.89. The van der Waals surface area contributed by atoms with E-state index in [4.69, 9.17) is 14.6 Å². The van der Waals surface area contributed by atoms with Gasteiger partial charge < -0.3 is 14.6 Å². The zero-order valence-electron chi connectivity index (χ0n) is 17.9. The maximum atomic E-state index is 11.1. The predicted molar refractivity (Wildman–Crippen MR) is 122 cm³/mol. The highest BCUT2D eigenvalue weighted by Crippen LogP contribution is 2.29. The lowest BCUT2D eigenvalue weighted by Crippen LogP contribution is -2.02. The lowest BCUT2D eigenvalue weighted by molar-refractivity contribution is 0.0697. The van der Waals surface area contributed by atoms with Crippen molar-refractivity contribution < 1.29 is 19.4 Å².